The second-order valence-corrected chi connectivity index (χ2v) is 7.75. The first-order valence-electron chi connectivity index (χ1n) is 10.3. The van der Waals surface area contributed by atoms with Crippen molar-refractivity contribution in [2.75, 3.05) is 27.3 Å². The molecule has 0 aliphatic carbocycles. The number of nitrogens with one attached hydrogen (secondary N) is 1. The standard InChI is InChI=1S/C24H27N3O4/c1-16-22(23(31-26-16)18-7-5-4-6-8-18)24(28)25-19-9-10-27(15-19)14-17-11-20(29-2)13-21(12-17)30-3/h4-8,11-13,19H,9-10,14-15H2,1-3H3,(H,25,28)/t19-/m1/s1. The molecular formula is C24H27N3O4. The lowest BCUT2D eigenvalue weighted by Crippen LogP contribution is -2.37. The zero-order chi connectivity index (χ0) is 21.8. The number of hydrogen-bond donors (Lipinski definition) is 1. The molecule has 7 heteroatoms. The molecular weight excluding hydrogens is 394 g/mol. The van der Waals surface area contributed by atoms with Crippen LogP contribution < -0.4 is 14.8 Å². The van der Waals surface area contributed by atoms with Crippen molar-refractivity contribution in [2.24, 2.45) is 0 Å². The topological polar surface area (TPSA) is 76.8 Å². The summed E-state index contributed by atoms with van der Waals surface area (Å²) in [7, 11) is 3.30. The molecule has 0 bridgehead atoms. The molecule has 2 aromatic carbocycles. The van der Waals surface area contributed by atoms with E-state index in [1.807, 2.05) is 48.5 Å². The van der Waals surface area contributed by atoms with Gasteiger partial charge >= 0.3 is 0 Å². The lowest BCUT2D eigenvalue weighted by molar-refractivity contribution is 0.0937. The number of methoxy groups -OCH3 is 2. The minimum Gasteiger partial charge on any atom is -0.497 e. The molecule has 31 heavy (non-hydrogen) atoms. The predicted octanol–water partition coefficient (Wildman–Crippen LogP) is 3.67. The highest BCUT2D eigenvalue weighted by molar-refractivity contribution is 6.00. The van der Waals surface area contributed by atoms with E-state index in [1.54, 1.807) is 21.1 Å². The summed E-state index contributed by atoms with van der Waals surface area (Å²) in [6, 6.07) is 15.5. The van der Waals surface area contributed by atoms with E-state index in [-0.39, 0.29) is 11.9 Å². The monoisotopic (exact) mass is 421 g/mol. The Hall–Kier alpha value is -3.32. The van der Waals surface area contributed by atoms with Crippen LogP contribution in [0, 0.1) is 6.92 Å². The summed E-state index contributed by atoms with van der Waals surface area (Å²) in [5.74, 6) is 1.91. The number of aromatic nitrogens is 1. The van der Waals surface area contributed by atoms with E-state index in [9.17, 15) is 4.79 Å². The van der Waals surface area contributed by atoms with Crippen LogP contribution in [0.1, 0.15) is 28.0 Å². The number of carbonyl (C=O) groups is 1. The molecule has 0 spiro atoms. The Kier molecular flexibility index (Phi) is 6.23. The summed E-state index contributed by atoms with van der Waals surface area (Å²) in [6.07, 6.45) is 0.887. The highest BCUT2D eigenvalue weighted by atomic mass is 16.5. The lowest BCUT2D eigenvalue weighted by Gasteiger charge is -2.18. The van der Waals surface area contributed by atoms with E-state index in [1.165, 1.54) is 0 Å². The quantitative estimate of drug-likeness (QED) is 0.627. The van der Waals surface area contributed by atoms with Crippen LogP contribution in [0.4, 0.5) is 0 Å². The van der Waals surface area contributed by atoms with Gasteiger partial charge in [-0.25, -0.2) is 0 Å². The maximum absolute atomic E-state index is 13.0. The normalized spacial score (nSPS) is 16.3. The molecule has 0 saturated carbocycles. The Labute approximate surface area is 181 Å². The molecule has 3 aromatic rings. The van der Waals surface area contributed by atoms with Gasteiger partial charge in [0, 0.05) is 37.3 Å². The van der Waals surface area contributed by atoms with Crippen molar-refractivity contribution in [1.29, 1.82) is 0 Å². The molecule has 1 amide bonds. The number of likely N-dealkylation sites (tertiary alicyclic amines) is 1. The van der Waals surface area contributed by atoms with Crippen LogP contribution in [-0.4, -0.2) is 49.3 Å². The number of carbonyl (C=O) groups excluding carboxylic acids is 1. The number of hydrogen-bond acceptors (Lipinski definition) is 6. The fraction of sp³-hybridized carbons (Fsp3) is 0.333. The van der Waals surface area contributed by atoms with Gasteiger partial charge in [0.1, 0.15) is 17.1 Å². The lowest BCUT2D eigenvalue weighted by atomic mass is 10.1. The molecule has 162 valence electrons. The van der Waals surface area contributed by atoms with Crippen LogP contribution in [0.15, 0.2) is 53.1 Å². The van der Waals surface area contributed by atoms with Gasteiger partial charge in [-0.15, -0.1) is 0 Å². The summed E-state index contributed by atoms with van der Waals surface area (Å²) in [5.41, 5.74) is 3.05. The molecule has 0 radical (unpaired) electrons. The third-order valence-electron chi connectivity index (χ3n) is 5.55. The summed E-state index contributed by atoms with van der Waals surface area (Å²) in [5, 5.41) is 7.19. The van der Waals surface area contributed by atoms with Crippen molar-refractivity contribution in [3.63, 3.8) is 0 Å². The maximum Gasteiger partial charge on any atom is 0.257 e. The van der Waals surface area contributed by atoms with Gasteiger partial charge < -0.3 is 19.3 Å². The van der Waals surface area contributed by atoms with Crippen LogP contribution in [0.2, 0.25) is 0 Å². The smallest absolute Gasteiger partial charge is 0.257 e. The number of amides is 1. The number of ether oxygens (including phenoxy) is 2. The van der Waals surface area contributed by atoms with E-state index < -0.39 is 0 Å². The van der Waals surface area contributed by atoms with E-state index in [4.69, 9.17) is 14.0 Å². The zero-order valence-corrected chi connectivity index (χ0v) is 18.1. The summed E-state index contributed by atoms with van der Waals surface area (Å²) in [6.45, 7) is 4.23. The maximum atomic E-state index is 13.0. The summed E-state index contributed by atoms with van der Waals surface area (Å²) < 4.78 is 16.2. The summed E-state index contributed by atoms with van der Waals surface area (Å²) >= 11 is 0. The van der Waals surface area contributed by atoms with Crippen molar-refractivity contribution < 1.29 is 18.8 Å². The average molecular weight is 421 g/mol. The Morgan fingerprint density at radius 1 is 1.16 bits per heavy atom. The van der Waals surface area contributed by atoms with Gasteiger partial charge in [-0.2, -0.15) is 0 Å². The molecule has 1 atom stereocenters. The number of benzene rings is 2. The molecule has 1 aliphatic heterocycles. The number of aryl methyl sites for hydroxylation is 1. The SMILES string of the molecule is COc1cc(CN2CC[C@@H](NC(=O)c3c(C)noc3-c3ccccc3)C2)cc(OC)c1. The predicted molar refractivity (Wildman–Crippen MR) is 117 cm³/mol. The molecule has 1 aromatic heterocycles. The Balaban J connectivity index is 1.41. The van der Waals surface area contributed by atoms with Crippen molar-refractivity contribution in [3.8, 4) is 22.8 Å². The minimum atomic E-state index is -0.146. The molecule has 1 saturated heterocycles. The Morgan fingerprint density at radius 2 is 1.87 bits per heavy atom. The van der Waals surface area contributed by atoms with Gasteiger partial charge in [0.2, 0.25) is 0 Å². The van der Waals surface area contributed by atoms with Gasteiger partial charge in [0.15, 0.2) is 5.76 Å². The average Bonchev–Trinajstić information content (AvgIpc) is 3.39. The summed E-state index contributed by atoms with van der Waals surface area (Å²) in [4.78, 5) is 15.4. The highest BCUT2D eigenvalue weighted by Crippen LogP contribution is 2.27. The van der Waals surface area contributed by atoms with Crippen molar-refractivity contribution in [2.45, 2.75) is 25.9 Å². The van der Waals surface area contributed by atoms with Crippen LogP contribution >= 0.6 is 0 Å². The third-order valence-corrected chi connectivity index (χ3v) is 5.55. The van der Waals surface area contributed by atoms with E-state index >= 15 is 0 Å². The van der Waals surface area contributed by atoms with Crippen molar-refractivity contribution in [1.82, 2.24) is 15.4 Å². The zero-order valence-electron chi connectivity index (χ0n) is 18.1. The second kappa shape index (κ2) is 9.22. The second-order valence-electron chi connectivity index (χ2n) is 7.75. The van der Waals surface area contributed by atoms with Gasteiger partial charge in [0.25, 0.3) is 5.91 Å². The van der Waals surface area contributed by atoms with Crippen LogP contribution in [-0.2, 0) is 6.54 Å². The van der Waals surface area contributed by atoms with Crippen LogP contribution in [0.5, 0.6) is 11.5 Å². The number of rotatable bonds is 7. The fourth-order valence-corrected chi connectivity index (χ4v) is 3.99. The van der Waals surface area contributed by atoms with Gasteiger partial charge in [-0.05, 0) is 31.0 Å². The first-order chi connectivity index (χ1) is 15.1. The van der Waals surface area contributed by atoms with Crippen molar-refractivity contribution >= 4 is 5.91 Å². The molecule has 1 N–H and O–H groups in total. The Bertz CT molecular complexity index is 1030. The molecule has 4 rings (SSSR count). The van der Waals surface area contributed by atoms with Crippen LogP contribution in [0.3, 0.4) is 0 Å². The minimum absolute atomic E-state index is 0.0675. The molecule has 2 heterocycles. The first kappa shape index (κ1) is 20.9. The van der Waals surface area contributed by atoms with Gasteiger partial charge in [-0.3, -0.25) is 9.69 Å². The largest absolute Gasteiger partial charge is 0.497 e. The van der Waals surface area contributed by atoms with E-state index in [0.29, 0.717) is 17.0 Å². The number of nitrogens with zero attached hydrogens (tertiary/aromatic N) is 2. The van der Waals surface area contributed by atoms with Crippen molar-refractivity contribution in [3.05, 3.63) is 65.4 Å². The third kappa shape index (κ3) is 4.72. The van der Waals surface area contributed by atoms with Gasteiger partial charge in [-0.1, -0.05) is 35.5 Å². The van der Waals surface area contributed by atoms with Crippen LogP contribution in [0.25, 0.3) is 11.3 Å². The first-order valence-corrected chi connectivity index (χ1v) is 10.3. The van der Waals surface area contributed by atoms with Gasteiger partial charge in [0.05, 0.1) is 19.9 Å². The fourth-order valence-electron chi connectivity index (χ4n) is 3.99. The molecule has 0 unspecified atom stereocenters. The highest BCUT2D eigenvalue weighted by Gasteiger charge is 2.28. The molecule has 7 nitrogen and oxygen atoms in total. The Morgan fingerprint density at radius 3 is 2.55 bits per heavy atom. The molecule has 1 aliphatic rings. The molecule has 1 fully saturated rings. The van der Waals surface area contributed by atoms with E-state index in [2.05, 4.69) is 15.4 Å². The van der Waals surface area contributed by atoms with E-state index in [0.717, 1.165) is 48.7 Å².